The maximum Gasteiger partial charge on any atom is 0.361 e. The number of carbonyl (C=O) groups is 3. The second-order valence-electron chi connectivity index (χ2n) is 23.4. The number of rotatable bonds is 61. The van der Waals surface area contributed by atoms with Gasteiger partial charge in [-0.1, -0.05) is 277 Å². The number of likely N-dealkylation sites (N-methyl/N-ethyl adjacent to an activating group) is 1. The zero-order valence-corrected chi connectivity index (χ0v) is 54.1. The Morgan fingerprint density at radius 1 is 0.361 bits per heavy atom. The summed E-state index contributed by atoms with van der Waals surface area (Å²) in [4.78, 5) is 37.5. The molecule has 0 aromatic carbocycles. The van der Waals surface area contributed by atoms with E-state index in [0.717, 1.165) is 96.3 Å². The van der Waals surface area contributed by atoms with Gasteiger partial charge in [0.25, 0.3) is 6.29 Å². The van der Waals surface area contributed by atoms with E-state index in [9.17, 15) is 19.5 Å². The number of unbranched alkanes of at least 4 members (excludes halogenated alkanes) is 26. The first-order chi connectivity index (χ1) is 40.6. The molecule has 9 nitrogen and oxygen atoms in total. The van der Waals surface area contributed by atoms with Gasteiger partial charge in [0, 0.05) is 12.8 Å². The molecule has 83 heavy (non-hydrogen) atoms. The second kappa shape index (κ2) is 63.7. The summed E-state index contributed by atoms with van der Waals surface area (Å²) in [5.41, 5.74) is 0. The number of hydrogen-bond donors (Lipinski definition) is 1. The lowest BCUT2D eigenvalue weighted by molar-refractivity contribution is -0.870. The van der Waals surface area contributed by atoms with Crippen molar-refractivity contribution >= 4 is 17.9 Å². The number of esters is 2. The van der Waals surface area contributed by atoms with E-state index in [1.165, 1.54) is 141 Å². The molecule has 0 amide bonds. The molecule has 0 fully saturated rings. The van der Waals surface area contributed by atoms with Crippen LogP contribution in [0.3, 0.4) is 0 Å². The summed E-state index contributed by atoms with van der Waals surface area (Å²) < 4.78 is 22.9. The summed E-state index contributed by atoms with van der Waals surface area (Å²) in [6.07, 6.45) is 87.5. The summed E-state index contributed by atoms with van der Waals surface area (Å²) in [6.45, 7) is 4.61. The lowest BCUT2D eigenvalue weighted by atomic mass is 10.0. The SMILES string of the molecule is CC/C=C\C/C=C\C/C=C\C/C=C\C/C=C\C/C=C\CCCCC(=O)OC(COC(=O)CCCCCCCCCCCCCCCCCCCCCCCCCC/C=C\C/C=C\C/C=C\C/C=C\CC)COC(OCC[N+](C)(C)C)C(=O)O. The van der Waals surface area contributed by atoms with Crippen LogP contribution >= 0.6 is 0 Å². The minimum absolute atomic E-state index is 0.175. The summed E-state index contributed by atoms with van der Waals surface area (Å²) in [5.74, 6) is -2.06. The largest absolute Gasteiger partial charge is 0.477 e. The quantitative estimate of drug-likeness (QED) is 0.0211. The minimum Gasteiger partial charge on any atom is -0.477 e. The van der Waals surface area contributed by atoms with Crippen LogP contribution in [-0.4, -0.2) is 87.4 Å². The smallest absolute Gasteiger partial charge is 0.361 e. The highest BCUT2D eigenvalue weighted by Crippen LogP contribution is 2.17. The molecule has 0 rings (SSSR count). The molecule has 0 saturated carbocycles. The molecule has 0 aliphatic heterocycles. The standard InChI is InChI=1S/C74H125NO8/c1-6-8-10-12-14-16-18-20-22-24-26-28-29-30-31-32-33-34-35-36-37-38-39-40-41-42-43-45-46-48-50-52-54-56-58-60-62-64-71(76)81-68-70(69-82-74(73(78)79)80-67-66-75(3,4)5)83-72(77)65-63-61-59-57-55-53-51-49-47-44-27-25-23-21-19-17-15-13-11-9-7-2/h8-11,14-17,20-23,26-28,44,49,51,55,57,70,74H,6-7,12-13,18-19,24-25,29-43,45-48,50,52-54,56,58-69H2,1-5H3/p+1/b10-8-,11-9-,16-14-,17-15-,22-20-,23-21-,28-26-,44-27-,51-49-,57-55-. The lowest BCUT2D eigenvalue weighted by Crippen LogP contribution is -2.40. The molecule has 0 bridgehead atoms. The van der Waals surface area contributed by atoms with Crippen molar-refractivity contribution in [3.63, 3.8) is 0 Å². The molecule has 0 aromatic heterocycles. The maximum atomic E-state index is 12.9. The third-order valence-corrected chi connectivity index (χ3v) is 14.2. The fraction of sp³-hybridized carbons (Fsp3) is 0.689. The van der Waals surface area contributed by atoms with Crippen molar-refractivity contribution in [1.82, 2.24) is 0 Å². The highest BCUT2D eigenvalue weighted by atomic mass is 16.7. The molecule has 0 aliphatic carbocycles. The summed E-state index contributed by atoms with van der Waals surface area (Å²) in [6, 6.07) is 0. The van der Waals surface area contributed by atoms with Gasteiger partial charge < -0.3 is 28.5 Å². The average molecular weight is 1160 g/mol. The van der Waals surface area contributed by atoms with Crippen LogP contribution in [0.1, 0.15) is 271 Å². The normalized spacial score (nSPS) is 13.5. The number of carboxylic acid groups (broad SMARTS) is 1. The van der Waals surface area contributed by atoms with E-state index in [1.54, 1.807) is 0 Å². The number of carboxylic acids is 1. The van der Waals surface area contributed by atoms with Gasteiger partial charge in [-0.25, -0.2) is 4.79 Å². The van der Waals surface area contributed by atoms with Crippen LogP contribution in [0.2, 0.25) is 0 Å². The van der Waals surface area contributed by atoms with Crippen LogP contribution in [0.15, 0.2) is 122 Å². The predicted molar refractivity (Wildman–Crippen MR) is 354 cm³/mol. The van der Waals surface area contributed by atoms with Crippen LogP contribution < -0.4 is 0 Å². The van der Waals surface area contributed by atoms with Gasteiger partial charge in [0.05, 0.1) is 34.4 Å². The van der Waals surface area contributed by atoms with E-state index >= 15 is 0 Å². The Balaban J connectivity index is 4.09. The van der Waals surface area contributed by atoms with E-state index in [2.05, 4.69) is 135 Å². The fourth-order valence-electron chi connectivity index (χ4n) is 9.13. The molecule has 0 aliphatic rings. The number of nitrogens with zero attached hydrogens (tertiary/aromatic N) is 1. The molecule has 474 valence electrons. The zero-order chi connectivity index (χ0) is 60.5. The van der Waals surface area contributed by atoms with Crippen molar-refractivity contribution in [2.45, 2.75) is 283 Å². The van der Waals surface area contributed by atoms with Gasteiger partial charge in [0.15, 0.2) is 6.10 Å². The summed E-state index contributed by atoms with van der Waals surface area (Å²) in [7, 11) is 5.95. The molecule has 0 heterocycles. The van der Waals surface area contributed by atoms with Gasteiger partial charge in [-0.3, -0.25) is 9.59 Å². The summed E-state index contributed by atoms with van der Waals surface area (Å²) in [5, 5.41) is 9.72. The minimum atomic E-state index is -1.53. The molecule has 0 aromatic rings. The number of carbonyl (C=O) groups excluding carboxylic acids is 2. The van der Waals surface area contributed by atoms with Crippen LogP contribution in [0.4, 0.5) is 0 Å². The van der Waals surface area contributed by atoms with E-state index in [4.69, 9.17) is 18.9 Å². The van der Waals surface area contributed by atoms with Crippen molar-refractivity contribution in [1.29, 1.82) is 0 Å². The second-order valence-corrected chi connectivity index (χ2v) is 23.4. The van der Waals surface area contributed by atoms with Gasteiger partial charge in [-0.2, -0.15) is 0 Å². The Morgan fingerprint density at radius 3 is 0.988 bits per heavy atom. The Morgan fingerprint density at radius 2 is 0.651 bits per heavy atom. The van der Waals surface area contributed by atoms with Crippen molar-refractivity contribution in [2.75, 3.05) is 47.5 Å². The van der Waals surface area contributed by atoms with Gasteiger partial charge in [-0.15, -0.1) is 0 Å². The van der Waals surface area contributed by atoms with Gasteiger partial charge in [0.1, 0.15) is 13.2 Å². The van der Waals surface area contributed by atoms with Gasteiger partial charge >= 0.3 is 17.9 Å². The van der Waals surface area contributed by atoms with Crippen molar-refractivity contribution in [3.8, 4) is 0 Å². The van der Waals surface area contributed by atoms with Crippen LogP contribution in [0.25, 0.3) is 0 Å². The first-order valence-electron chi connectivity index (χ1n) is 33.7. The van der Waals surface area contributed by atoms with Gasteiger partial charge in [-0.05, 0) is 103 Å². The zero-order valence-electron chi connectivity index (χ0n) is 54.1. The molecule has 0 radical (unpaired) electrons. The highest BCUT2D eigenvalue weighted by molar-refractivity contribution is 5.71. The van der Waals surface area contributed by atoms with Crippen molar-refractivity contribution < 1.29 is 42.9 Å². The molecular weight excluding hydrogens is 1030 g/mol. The predicted octanol–water partition coefficient (Wildman–Crippen LogP) is 20.8. The summed E-state index contributed by atoms with van der Waals surface area (Å²) >= 11 is 0. The van der Waals surface area contributed by atoms with E-state index in [1.807, 2.05) is 21.1 Å². The topological polar surface area (TPSA) is 108 Å². The maximum absolute atomic E-state index is 12.9. The number of ether oxygens (including phenoxy) is 4. The monoisotopic (exact) mass is 1160 g/mol. The fourth-order valence-corrected chi connectivity index (χ4v) is 9.13. The van der Waals surface area contributed by atoms with Crippen LogP contribution in [0, 0.1) is 0 Å². The molecule has 0 saturated heterocycles. The van der Waals surface area contributed by atoms with E-state index in [0.29, 0.717) is 17.4 Å². The Hall–Kier alpha value is -4.31. The first-order valence-corrected chi connectivity index (χ1v) is 33.7. The van der Waals surface area contributed by atoms with Crippen molar-refractivity contribution in [3.05, 3.63) is 122 Å². The Labute approximate surface area is 510 Å². The average Bonchev–Trinajstić information content (AvgIpc) is 3.46. The number of allylic oxidation sites excluding steroid dienone is 20. The molecule has 2 atom stereocenters. The number of hydrogen-bond acceptors (Lipinski definition) is 7. The van der Waals surface area contributed by atoms with Crippen molar-refractivity contribution in [2.24, 2.45) is 0 Å². The lowest BCUT2D eigenvalue weighted by Gasteiger charge is -2.25. The Kier molecular flexibility index (Phi) is 60.4. The highest BCUT2D eigenvalue weighted by Gasteiger charge is 2.25. The molecular formula is C74H126NO8+. The van der Waals surface area contributed by atoms with E-state index < -0.39 is 24.3 Å². The number of quaternary nitrogens is 1. The number of aliphatic carboxylic acids is 1. The van der Waals surface area contributed by atoms with Crippen LogP contribution in [0.5, 0.6) is 0 Å². The van der Waals surface area contributed by atoms with Crippen LogP contribution in [-0.2, 0) is 33.3 Å². The molecule has 9 heteroatoms. The molecule has 2 unspecified atom stereocenters. The van der Waals surface area contributed by atoms with Gasteiger partial charge in [0.2, 0.25) is 0 Å². The Bertz CT molecular complexity index is 1780. The third-order valence-electron chi connectivity index (χ3n) is 14.2. The first kappa shape index (κ1) is 78.7. The third kappa shape index (κ3) is 65.1. The molecule has 0 spiro atoms. The molecule has 1 N–H and O–H groups in total. The van der Waals surface area contributed by atoms with E-state index in [-0.39, 0.29) is 38.6 Å².